The molecule has 0 saturated carbocycles. The summed E-state index contributed by atoms with van der Waals surface area (Å²) in [5.41, 5.74) is -0.118. The molecule has 0 unspecified atom stereocenters. The number of nitrogens with zero attached hydrogens (tertiary/aromatic N) is 2. The van der Waals surface area contributed by atoms with E-state index in [2.05, 4.69) is 0 Å². The van der Waals surface area contributed by atoms with Gasteiger partial charge in [0.1, 0.15) is 18.0 Å². The number of rotatable bonds is 0. The van der Waals surface area contributed by atoms with Crippen molar-refractivity contribution in [3.8, 4) is 12.1 Å². The molecule has 0 radical (unpaired) electrons. The lowest BCUT2D eigenvalue weighted by molar-refractivity contribution is 0.623. The zero-order valence-electron chi connectivity index (χ0n) is 5.81. The highest BCUT2D eigenvalue weighted by Crippen LogP contribution is 2.19. The summed E-state index contributed by atoms with van der Waals surface area (Å²) in [5.74, 6) is -0.724. The molecule has 12 heavy (non-hydrogen) atoms. The Balaban J connectivity index is 3.41. The van der Waals surface area contributed by atoms with Gasteiger partial charge in [-0.05, 0) is 12.1 Å². The van der Waals surface area contributed by atoms with Gasteiger partial charge in [-0.15, -0.1) is 0 Å². The number of hydrogen-bond donors (Lipinski definition) is 0. The highest BCUT2D eigenvalue weighted by atomic mass is 35.5. The van der Waals surface area contributed by atoms with Crippen molar-refractivity contribution in [1.82, 2.24) is 0 Å². The number of benzene rings is 1. The maximum Gasteiger partial charge on any atom is 0.142 e. The Hall–Kier alpha value is -1.58. The van der Waals surface area contributed by atoms with Crippen molar-refractivity contribution in [3.63, 3.8) is 0 Å². The van der Waals surface area contributed by atoms with E-state index < -0.39 is 5.82 Å². The van der Waals surface area contributed by atoms with E-state index in [1.165, 1.54) is 0 Å². The van der Waals surface area contributed by atoms with E-state index in [4.69, 9.17) is 22.1 Å². The molecule has 0 bridgehead atoms. The zero-order valence-corrected chi connectivity index (χ0v) is 6.56. The second kappa shape index (κ2) is 3.21. The van der Waals surface area contributed by atoms with E-state index in [0.29, 0.717) is 0 Å². The van der Waals surface area contributed by atoms with Gasteiger partial charge >= 0.3 is 0 Å². The van der Waals surface area contributed by atoms with Gasteiger partial charge in [-0.1, -0.05) is 11.6 Å². The van der Waals surface area contributed by atoms with Crippen molar-refractivity contribution in [2.45, 2.75) is 0 Å². The van der Waals surface area contributed by atoms with Crippen LogP contribution in [-0.4, -0.2) is 0 Å². The molecular weight excluding hydrogens is 179 g/mol. The fourth-order valence-corrected chi connectivity index (χ4v) is 0.924. The molecule has 0 aliphatic heterocycles. The van der Waals surface area contributed by atoms with Crippen LogP contribution in [-0.2, 0) is 0 Å². The monoisotopic (exact) mass is 180 g/mol. The van der Waals surface area contributed by atoms with Gasteiger partial charge in [0.2, 0.25) is 0 Å². The summed E-state index contributed by atoms with van der Waals surface area (Å²) >= 11 is 5.54. The third-order valence-electron chi connectivity index (χ3n) is 1.30. The maximum atomic E-state index is 12.8. The molecule has 0 atom stereocenters. The first-order valence-corrected chi connectivity index (χ1v) is 3.36. The summed E-state index contributed by atoms with van der Waals surface area (Å²) < 4.78 is 12.8. The average Bonchev–Trinajstić information content (AvgIpc) is 2.08. The SMILES string of the molecule is N#Cc1cc(Cl)c(C#N)cc1F. The van der Waals surface area contributed by atoms with E-state index in [1.54, 1.807) is 12.1 Å². The highest BCUT2D eigenvalue weighted by Gasteiger charge is 2.06. The Morgan fingerprint density at radius 3 is 2.25 bits per heavy atom. The molecule has 0 fully saturated rings. The molecule has 0 N–H and O–H groups in total. The molecule has 0 saturated heterocycles. The minimum atomic E-state index is -0.724. The molecule has 1 aromatic carbocycles. The van der Waals surface area contributed by atoms with Crippen LogP contribution in [0.25, 0.3) is 0 Å². The van der Waals surface area contributed by atoms with Crippen molar-refractivity contribution in [2.75, 3.05) is 0 Å². The summed E-state index contributed by atoms with van der Waals surface area (Å²) in [7, 11) is 0. The van der Waals surface area contributed by atoms with E-state index >= 15 is 0 Å². The molecule has 1 aromatic rings. The second-order valence-electron chi connectivity index (χ2n) is 2.04. The van der Waals surface area contributed by atoms with Crippen LogP contribution in [0.2, 0.25) is 5.02 Å². The molecule has 0 aromatic heterocycles. The molecule has 1 rings (SSSR count). The van der Waals surface area contributed by atoms with Crippen molar-refractivity contribution in [3.05, 3.63) is 34.1 Å². The Morgan fingerprint density at radius 2 is 1.75 bits per heavy atom. The van der Waals surface area contributed by atoms with E-state index in [-0.39, 0.29) is 16.1 Å². The van der Waals surface area contributed by atoms with Crippen LogP contribution in [0.4, 0.5) is 4.39 Å². The molecule has 58 valence electrons. The first-order valence-electron chi connectivity index (χ1n) is 2.98. The molecule has 2 nitrogen and oxygen atoms in total. The quantitative estimate of drug-likeness (QED) is 0.615. The van der Waals surface area contributed by atoms with Gasteiger partial charge in [-0.2, -0.15) is 10.5 Å². The average molecular weight is 181 g/mol. The first kappa shape index (κ1) is 8.52. The van der Waals surface area contributed by atoms with Gasteiger partial charge in [0.25, 0.3) is 0 Å². The molecule has 0 aliphatic carbocycles. The summed E-state index contributed by atoms with van der Waals surface area (Å²) in [6, 6.07) is 5.40. The van der Waals surface area contributed by atoms with E-state index in [0.717, 1.165) is 12.1 Å². The summed E-state index contributed by atoms with van der Waals surface area (Å²) in [5, 5.41) is 16.9. The molecule has 0 spiro atoms. The van der Waals surface area contributed by atoms with Gasteiger partial charge in [-0.3, -0.25) is 0 Å². The van der Waals surface area contributed by atoms with E-state index in [1.807, 2.05) is 0 Å². The van der Waals surface area contributed by atoms with Crippen LogP contribution in [0.15, 0.2) is 12.1 Å². The lowest BCUT2D eigenvalue weighted by atomic mass is 10.1. The van der Waals surface area contributed by atoms with E-state index in [9.17, 15) is 4.39 Å². The van der Waals surface area contributed by atoms with Crippen LogP contribution in [0.5, 0.6) is 0 Å². The van der Waals surface area contributed by atoms with Crippen LogP contribution in [0, 0.1) is 28.5 Å². The van der Waals surface area contributed by atoms with Crippen molar-refractivity contribution in [1.29, 1.82) is 10.5 Å². The lowest BCUT2D eigenvalue weighted by Gasteiger charge is -1.95. The van der Waals surface area contributed by atoms with Crippen molar-refractivity contribution >= 4 is 11.6 Å². The topological polar surface area (TPSA) is 47.6 Å². The second-order valence-corrected chi connectivity index (χ2v) is 2.44. The number of halogens is 2. The highest BCUT2D eigenvalue weighted by molar-refractivity contribution is 6.31. The minimum absolute atomic E-state index is 0.0353. The Morgan fingerprint density at radius 1 is 1.17 bits per heavy atom. The largest absolute Gasteiger partial charge is 0.205 e. The summed E-state index contributed by atoms with van der Waals surface area (Å²) in [6.07, 6.45) is 0. The predicted octanol–water partition coefficient (Wildman–Crippen LogP) is 2.22. The summed E-state index contributed by atoms with van der Waals surface area (Å²) in [4.78, 5) is 0. The normalized spacial score (nSPS) is 8.67. The first-order chi connectivity index (χ1) is 5.69. The van der Waals surface area contributed by atoms with Crippen molar-refractivity contribution < 1.29 is 4.39 Å². The van der Waals surface area contributed by atoms with Gasteiger partial charge in [0, 0.05) is 0 Å². The smallest absolute Gasteiger partial charge is 0.142 e. The number of hydrogen-bond acceptors (Lipinski definition) is 2. The molecule has 0 amide bonds. The Kier molecular flexibility index (Phi) is 2.28. The van der Waals surface area contributed by atoms with Gasteiger partial charge in [0.05, 0.1) is 16.1 Å². The third-order valence-corrected chi connectivity index (χ3v) is 1.61. The van der Waals surface area contributed by atoms with Gasteiger partial charge in [0.15, 0.2) is 0 Å². The number of nitriles is 2. The zero-order chi connectivity index (χ0) is 9.14. The predicted molar refractivity (Wildman–Crippen MR) is 40.8 cm³/mol. The van der Waals surface area contributed by atoms with Crippen LogP contribution < -0.4 is 0 Å². The fourth-order valence-electron chi connectivity index (χ4n) is 0.718. The molecular formula is C8H2ClFN2. The molecule has 4 heteroatoms. The maximum absolute atomic E-state index is 12.8. The standard InChI is InChI=1S/C8H2ClFN2/c9-7-1-6(4-12)8(10)2-5(7)3-11/h1-2H. The fraction of sp³-hybridized carbons (Fsp3) is 0. The minimum Gasteiger partial charge on any atom is -0.205 e. The Bertz CT molecular complexity index is 361. The lowest BCUT2D eigenvalue weighted by Crippen LogP contribution is -1.86. The Labute approximate surface area is 73.4 Å². The third kappa shape index (κ3) is 1.37. The van der Waals surface area contributed by atoms with Crippen LogP contribution in [0.3, 0.4) is 0 Å². The summed E-state index contributed by atoms with van der Waals surface area (Å²) in [6.45, 7) is 0. The van der Waals surface area contributed by atoms with Crippen molar-refractivity contribution in [2.24, 2.45) is 0 Å². The molecule has 0 aliphatic rings. The van der Waals surface area contributed by atoms with Crippen LogP contribution >= 0.6 is 11.6 Å². The molecule has 0 heterocycles. The van der Waals surface area contributed by atoms with Gasteiger partial charge in [-0.25, -0.2) is 4.39 Å². The van der Waals surface area contributed by atoms with Gasteiger partial charge < -0.3 is 0 Å². The van der Waals surface area contributed by atoms with Crippen LogP contribution in [0.1, 0.15) is 11.1 Å².